The molecule has 0 radical (unpaired) electrons. The summed E-state index contributed by atoms with van der Waals surface area (Å²) in [7, 11) is 0. The van der Waals surface area contributed by atoms with Gasteiger partial charge in [0, 0.05) is 12.3 Å². The lowest BCUT2D eigenvalue weighted by atomic mass is 9.46. The molecule has 0 aromatic carbocycles. The van der Waals surface area contributed by atoms with Crippen LogP contribution in [0.2, 0.25) is 0 Å². The van der Waals surface area contributed by atoms with Gasteiger partial charge in [-0.05, 0) is 112 Å². The second-order valence-corrected chi connectivity index (χ2v) is 11.8. The summed E-state index contributed by atoms with van der Waals surface area (Å²) in [5.41, 5.74) is 2.93. The molecule has 5 nitrogen and oxygen atoms in total. The number of carbonyl (C=O) groups is 2. The summed E-state index contributed by atoms with van der Waals surface area (Å²) in [4.78, 5) is 30.0. The Bertz CT molecular complexity index is 848. The summed E-state index contributed by atoms with van der Waals surface area (Å²) >= 11 is 0. The average Bonchev–Trinajstić information content (AvgIpc) is 3.15. The largest absolute Gasteiger partial charge is 0.338 e. The average molecular weight is 477 g/mol. The number of nitrogens with one attached hydrogen (secondary N) is 1. The number of oxime groups is 1. The van der Waals surface area contributed by atoms with E-state index in [2.05, 4.69) is 31.2 Å². The molecule has 0 bridgehead atoms. The number of ketones is 1. The molecule has 4 fully saturated rings. The Labute approximate surface area is 204 Å². The predicted octanol–water partition coefficient (Wildman–Crippen LogP) is 5.48. The third-order valence-electron chi connectivity index (χ3n) is 10.4. The molecule has 33 heavy (non-hydrogen) atoms. The number of nitrogens with zero attached hydrogens (tertiary/aromatic N) is 1. The highest BCUT2D eigenvalue weighted by Crippen LogP contribution is 2.66. The van der Waals surface area contributed by atoms with E-state index >= 15 is 0 Å². The molecule has 3 saturated carbocycles. The minimum atomic E-state index is -0.152. The first-order valence-corrected chi connectivity index (χ1v) is 13.0. The van der Waals surface area contributed by atoms with Gasteiger partial charge in [-0.1, -0.05) is 24.6 Å². The van der Waals surface area contributed by atoms with Crippen LogP contribution in [0.4, 0.5) is 0 Å². The molecule has 6 atom stereocenters. The van der Waals surface area contributed by atoms with Crippen LogP contribution >= 0.6 is 12.4 Å². The number of rotatable bonds is 3. The van der Waals surface area contributed by atoms with Crippen molar-refractivity contribution in [3.8, 4) is 0 Å². The lowest BCUT2D eigenvalue weighted by Crippen LogP contribution is -2.51. The van der Waals surface area contributed by atoms with E-state index in [1.54, 1.807) is 0 Å². The van der Waals surface area contributed by atoms with E-state index in [-0.39, 0.29) is 35.1 Å². The van der Waals surface area contributed by atoms with Gasteiger partial charge in [0.05, 0.1) is 11.6 Å². The van der Waals surface area contributed by atoms with Crippen LogP contribution in [0.3, 0.4) is 0 Å². The normalized spacial score (nSPS) is 41.2. The fraction of sp³-hybridized carbons (Fsp3) is 0.815. The van der Waals surface area contributed by atoms with Crippen molar-refractivity contribution in [2.75, 3.05) is 13.1 Å². The Hall–Kier alpha value is -1.20. The van der Waals surface area contributed by atoms with Gasteiger partial charge in [0.25, 0.3) is 0 Å². The van der Waals surface area contributed by atoms with Gasteiger partial charge in [-0.25, -0.2) is 4.79 Å². The van der Waals surface area contributed by atoms with Gasteiger partial charge in [0.1, 0.15) is 0 Å². The monoisotopic (exact) mass is 476 g/mol. The van der Waals surface area contributed by atoms with E-state index in [9.17, 15) is 9.59 Å². The first kappa shape index (κ1) is 24.9. The van der Waals surface area contributed by atoms with E-state index in [4.69, 9.17) is 4.84 Å². The van der Waals surface area contributed by atoms with Crippen LogP contribution in [0.5, 0.6) is 0 Å². The summed E-state index contributed by atoms with van der Waals surface area (Å²) in [6, 6.07) is 0. The fourth-order valence-electron chi connectivity index (χ4n) is 8.56. The van der Waals surface area contributed by atoms with Crippen LogP contribution in [0.25, 0.3) is 0 Å². The van der Waals surface area contributed by atoms with Gasteiger partial charge in [-0.2, -0.15) is 0 Å². The lowest BCUT2D eigenvalue weighted by Gasteiger charge is -2.58. The van der Waals surface area contributed by atoms with Crippen LogP contribution in [0.15, 0.2) is 16.8 Å². The fourth-order valence-corrected chi connectivity index (χ4v) is 8.56. The number of hydrogen-bond donors (Lipinski definition) is 1. The van der Waals surface area contributed by atoms with Crippen molar-refractivity contribution in [1.82, 2.24) is 5.32 Å². The summed E-state index contributed by atoms with van der Waals surface area (Å²) < 4.78 is 0. The van der Waals surface area contributed by atoms with E-state index in [0.29, 0.717) is 23.5 Å². The first-order valence-electron chi connectivity index (χ1n) is 13.0. The number of carbonyl (C=O) groups excluding carboxylic acids is 2. The number of allylic oxidation sites excluding steroid dienone is 1. The van der Waals surface area contributed by atoms with Crippen molar-refractivity contribution in [2.24, 2.45) is 45.6 Å². The SMILES string of the molecule is CC(=NOC(=O)C1CCNCC1)[C@H]1CC[C@H]2C3CCC4=CC(=O)CC[C@]4(C)C3CC[C@]12C.Cl. The van der Waals surface area contributed by atoms with Crippen molar-refractivity contribution in [3.05, 3.63) is 11.6 Å². The Balaban J connectivity index is 0.00000259. The van der Waals surface area contributed by atoms with Crippen LogP contribution in [0, 0.1) is 40.4 Å². The molecular weight excluding hydrogens is 436 g/mol. The Morgan fingerprint density at radius 1 is 1.03 bits per heavy atom. The molecule has 1 heterocycles. The van der Waals surface area contributed by atoms with Crippen LogP contribution in [-0.2, 0) is 14.4 Å². The molecule has 0 amide bonds. The zero-order chi connectivity index (χ0) is 22.5. The smallest absolute Gasteiger partial charge is 0.318 e. The van der Waals surface area contributed by atoms with Crippen LogP contribution in [-0.4, -0.2) is 30.6 Å². The molecule has 0 aromatic heterocycles. The molecule has 5 rings (SSSR count). The third-order valence-corrected chi connectivity index (χ3v) is 10.4. The number of hydrogen-bond acceptors (Lipinski definition) is 5. The zero-order valence-corrected chi connectivity index (χ0v) is 21.3. The zero-order valence-electron chi connectivity index (χ0n) is 20.5. The quantitative estimate of drug-likeness (QED) is 0.333. The Morgan fingerprint density at radius 2 is 1.79 bits per heavy atom. The van der Waals surface area contributed by atoms with E-state index in [1.807, 2.05) is 6.08 Å². The van der Waals surface area contributed by atoms with Crippen LogP contribution < -0.4 is 5.32 Å². The second kappa shape index (κ2) is 9.45. The molecule has 6 heteroatoms. The maximum Gasteiger partial charge on any atom is 0.338 e. The van der Waals surface area contributed by atoms with Gasteiger partial charge >= 0.3 is 5.97 Å². The summed E-state index contributed by atoms with van der Waals surface area (Å²) in [5.74, 6) is 2.76. The van der Waals surface area contributed by atoms with Gasteiger partial charge in [0.15, 0.2) is 5.78 Å². The molecule has 1 N–H and O–H groups in total. The third kappa shape index (κ3) is 4.22. The Kier molecular flexibility index (Phi) is 7.13. The van der Waals surface area contributed by atoms with E-state index < -0.39 is 0 Å². The van der Waals surface area contributed by atoms with Crippen molar-refractivity contribution < 1.29 is 14.4 Å². The molecule has 2 unspecified atom stereocenters. The minimum absolute atomic E-state index is 0. The van der Waals surface area contributed by atoms with Crippen molar-refractivity contribution >= 4 is 29.9 Å². The molecule has 184 valence electrons. The second-order valence-electron chi connectivity index (χ2n) is 11.8. The lowest BCUT2D eigenvalue weighted by molar-refractivity contribution is -0.149. The maximum atomic E-state index is 12.5. The molecule has 5 aliphatic rings. The molecular formula is C27H41ClN2O3. The highest BCUT2D eigenvalue weighted by molar-refractivity contribution is 5.91. The molecule has 1 aliphatic heterocycles. The van der Waals surface area contributed by atoms with Crippen molar-refractivity contribution in [3.63, 3.8) is 0 Å². The summed E-state index contributed by atoms with van der Waals surface area (Å²) in [6.07, 6.45) is 12.7. The van der Waals surface area contributed by atoms with E-state index in [0.717, 1.165) is 63.2 Å². The minimum Gasteiger partial charge on any atom is -0.318 e. The number of fused-ring (bicyclic) bond motifs is 5. The van der Waals surface area contributed by atoms with Gasteiger partial charge in [-0.3, -0.25) is 4.79 Å². The maximum absolute atomic E-state index is 12.5. The molecule has 4 aliphatic carbocycles. The topological polar surface area (TPSA) is 67.8 Å². The molecule has 0 aromatic rings. The number of piperidine rings is 1. The standard InChI is InChI=1S/C27H40N2O3.ClH/c1-17(29-32-25(31)18-10-14-28-15-11-18)22-6-7-23-21-5-4-19-16-20(30)8-12-26(19,2)24(21)9-13-27(22,23)3;/h16,18,21-24,28H,4-15H2,1-3H3;1H/t21?,22-,23+,24?,26+,27-;/m1./s1. The van der Waals surface area contributed by atoms with Gasteiger partial charge < -0.3 is 10.2 Å². The van der Waals surface area contributed by atoms with Crippen molar-refractivity contribution in [2.45, 2.75) is 85.0 Å². The van der Waals surface area contributed by atoms with Crippen LogP contribution in [0.1, 0.15) is 85.0 Å². The molecule has 1 saturated heterocycles. The van der Waals surface area contributed by atoms with Gasteiger partial charge in [0.2, 0.25) is 0 Å². The highest BCUT2D eigenvalue weighted by atomic mass is 35.5. The predicted molar refractivity (Wildman–Crippen MR) is 132 cm³/mol. The first-order chi connectivity index (χ1) is 15.3. The van der Waals surface area contributed by atoms with E-state index in [1.165, 1.54) is 31.3 Å². The Morgan fingerprint density at radius 3 is 2.55 bits per heavy atom. The summed E-state index contributed by atoms with van der Waals surface area (Å²) in [6.45, 7) is 8.78. The molecule has 0 spiro atoms. The number of halogens is 1. The summed E-state index contributed by atoms with van der Waals surface area (Å²) in [5, 5.41) is 7.71. The van der Waals surface area contributed by atoms with Crippen molar-refractivity contribution in [1.29, 1.82) is 0 Å². The van der Waals surface area contributed by atoms with Gasteiger partial charge in [-0.15, -0.1) is 12.4 Å². The highest BCUT2D eigenvalue weighted by Gasteiger charge is 2.59.